The van der Waals surface area contributed by atoms with Crippen LogP contribution >= 0.6 is 11.3 Å². The third-order valence-corrected chi connectivity index (χ3v) is 4.40. The third-order valence-electron chi connectivity index (χ3n) is 3.33. The van der Waals surface area contributed by atoms with Crippen LogP contribution in [0.1, 0.15) is 53.4 Å². The summed E-state index contributed by atoms with van der Waals surface area (Å²) in [5.41, 5.74) is 3.91. The zero-order chi connectivity index (χ0) is 14.5. The molecule has 0 saturated carbocycles. The molecule has 20 heavy (non-hydrogen) atoms. The first-order valence-electron chi connectivity index (χ1n) is 7.35. The summed E-state index contributed by atoms with van der Waals surface area (Å²) in [6, 6.07) is 8.75. The van der Waals surface area contributed by atoms with E-state index in [-0.39, 0.29) is 0 Å². The van der Waals surface area contributed by atoms with E-state index in [0.29, 0.717) is 5.92 Å². The molecule has 1 aromatic heterocycles. The smallest absolute Gasteiger partial charge is 0.0975 e. The number of aromatic nitrogens is 1. The summed E-state index contributed by atoms with van der Waals surface area (Å²) in [6.45, 7) is 10.7. The molecule has 0 fully saturated rings. The predicted molar refractivity (Wildman–Crippen MR) is 87.6 cm³/mol. The van der Waals surface area contributed by atoms with Crippen molar-refractivity contribution in [3.63, 3.8) is 0 Å². The summed E-state index contributed by atoms with van der Waals surface area (Å²) in [6.07, 6.45) is 0.941. The molecule has 1 heterocycles. The lowest BCUT2D eigenvalue weighted by atomic mass is 10.1. The molecule has 2 aromatic rings. The first-order chi connectivity index (χ1) is 9.60. The van der Waals surface area contributed by atoms with E-state index in [1.807, 2.05) is 11.3 Å². The summed E-state index contributed by atoms with van der Waals surface area (Å²) >= 11 is 1.85. The van der Waals surface area contributed by atoms with Gasteiger partial charge in [0, 0.05) is 17.8 Å². The number of nitrogens with zero attached hydrogens (tertiary/aromatic N) is 1. The standard InChI is InChI=1S/C17H24N2S/c1-5-18-11-15-17(12(2)3)19-16(20-15)10-14-8-6-13(4)7-9-14/h6-9,12,18H,5,10-11H2,1-4H3. The number of rotatable bonds is 6. The number of hydrogen-bond acceptors (Lipinski definition) is 3. The minimum absolute atomic E-state index is 0.492. The molecular weight excluding hydrogens is 264 g/mol. The molecule has 0 aliphatic heterocycles. The Morgan fingerprint density at radius 1 is 1.20 bits per heavy atom. The van der Waals surface area contributed by atoms with E-state index in [1.165, 1.54) is 26.7 Å². The lowest BCUT2D eigenvalue weighted by molar-refractivity contribution is 0.713. The highest BCUT2D eigenvalue weighted by Crippen LogP contribution is 2.26. The molecular formula is C17H24N2S. The predicted octanol–water partition coefficient (Wildman–Crippen LogP) is 4.28. The van der Waals surface area contributed by atoms with Crippen molar-refractivity contribution < 1.29 is 0 Å². The molecule has 3 heteroatoms. The van der Waals surface area contributed by atoms with Crippen LogP contribution in [-0.4, -0.2) is 11.5 Å². The topological polar surface area (TPSA) is 24.9 Å². The first kappa shape index (κ1) is 15.2. The molecule has 108 valence electrons. The summed E-state index contributed by atoms with van der Waals surface area (Å²) in [5.74, 6) is 0.492. The number of aryl methyl sites for hydroxylation is 1. The van der Waals surface area contributed by atoms with Crippen LogP contribution < -0.4 is 5.32 Å². The molecule has 0 saturated heterocycles. The summed E-state index contributed by atoms with van der Waals surface area (Å²) in [7, 11) is 0. The lowest BCUT2D eigenvalue weighted by Crippen LogP contribution is -2.12. The van der Waals surface area contributed by atoms with Crippen LogP contribution in [0, 0.1) is 6.92 Å². The zero-order valence-electron chi connectivity index (χ0n) is 12.9. The fourth-order valence-electron chi connectivity index (χ4n) is 2.19. The maximum Gasteiger partial charge on any atom is 0.0975 e. The summed E-state index contributed by atoms with van der Waals surface area (Å²) in [5, 5.41) is 4.64. The highest BCUT2D eigenvalue weighted by atomic mass is 32.1. The monoisotopic (exact) mass is 288 g/mol. The molecule has 0 atom stereocenters. The van der Waals surface area contributed by atoms with Gasteiger partial charge in [0.2, 0.25) is 0 Å². The van der Waals surface area contributed by atoms with Gasteiger partial charge in [0.15, 0.2) is 0 Å². The second-order valence-electron chi connectivity index (χ2n) is 5.51. The number of thiazole rings is 1. The molecule has 0 unspecified atom stereocenters. The van der Waals surface area contributed by atoms with Crippen LogP contribution in [0.4, 0.5) is 0 Å². The molecule has 0 aliphatic carbocycles. The van der Waals surface area contributed by atoms with Crippen molar-refractivity contribution in [2.45, 2.75) is 46.6 Å². The minimum Gasteiger partial charge on any atom is -0.312 e. The molecule has 0 radical (unpaired) electrons. The fourth-order valence-corrected chi connectivity index (χ4v) is 3.41. The molecule has 0 bridgehead atoms. The minimum atomic E-state index is 0.492. The highest BCUT2D eigenvalue weighted by molar-refractivity contribution is 7.11. The van der Waals surface area contributed by atoms with Crippen molar-refractivity contribution in [1.29, 1.82) is 0 Å². The van der Waals surface area contributed by atoms with E-state index in [1.54, 1.807) is 0 Å². The second-order valence-corrected chi connectivity index (χ2v) is 6.68. The fraction of sp³-hybridized carbons (Fsp3) is 0.471. The van der Waals surface area contributed by atoms with Crippen molar-refractivity contribution in [2.75, 3.05) is 6.54 Å². The Balaban J connectivity index is 2.17. The molecule has 0 spiro atoms. The van der Waals surface area contributed by atoms with Gasteiger partial charge in [0.1, 0.15) is 0 Å². The molecule has 2 nitrogen and oxygen atoms in total. The molecule has 1 aromatic carbocycles. The van der Waals surface area contributed by atoms with Gasteiger partial charge in [-0.3, -0.25) is 0 Å². The molecule has 0 amide bonds. The van der Waals surface area contributed by atoms with Crippen LogP contribution in [0.3, 0.4) is 0 Å². The zero-order valence-corrected chi connectivity index (χ0v) is 13.7. The average Bonchev–Trinajstić information content (AvgIpc) is 2.82. The number of benzene rings is 1. The van der Waals surface area contributed by atoms with E-state index >= 15 is 0 Å². The highest BCUT2D eigenvalue weighted by Gasteiger charge is 2.14. The van der Waals surface area contributed by atoms with Gasteiger partial charge in [-0.2, -0.15) is 0 Å². The quantitative estimate of drug-likeness (QED) is 0.858. The van der Waals surface area contributed by atoms with Gasteiger partial charge in [-0.15, -0.1) is 11.3 Å². The Morgan fingerprint density at radius 2 is 1.90 bits per heavy atom. The van der Waals surface area contributed by atoms with Crippen molar-refractivity contribution in [3.8, 4) is 0 Å². The maximum atomic E-state index is 4.86. The van der Waals surface area contributed by atoms with Gasteiger partial charge in [0.25, 0.3) is 0 Å². The van der Waals surface area contributed by atoms with Crippen LogP contribution in [0.2, 0.25) is 0 Å². The molecule has 2 rings (SSSR count). The maximum absolute atomic E-state index is 4.86. The Morgan fingerprint density at radius 3 is 2.50 bits per heavy atom. The number of hydrogen-bond donors (Lipinski definition) is 1. The Labute approximate surface area is 126 Å². The van der Waals surface area contributed by atoms with E-state index in [2.05, 4.69) is 57.3 Å². The van der Waals surface area contributed by atoms with Crippen molar-refractivity contribution >= 4 is 11.3 Å². The second kappa shape index (κ2) is 7.00. The van der Waals surface area contributed by atoms with E-state index in [0.717, 1.165) is 19.5 Å². The van der Waals surface area contributed by atoms with Gasteiger partial charge in [-0.05, 0) is 24.9 Å². The number of nitrogens with one attached hydrogen (secondary N) is 1. The van der Waals surface area contributed by atoms with E-state index in [4.69, 9.17) is 4.98 Å². The van der Waals surface area contributed by atoms with Crippen molar-refractivity contribution in [2.24, 2.45) is 0 Å². The van der Waals surface area contributed by atoms with E-state index in [9.17, 15) is 0 Å². The summed E-state index contributed by atoms with van der Waals surface area (Å²) in [4.78, 5) is 6.25. The van der Waals surface area contributed by atoms with Gasteiger partial charge < -0.3 is 5.32 Å². The van der Waals surface area contributed by atoms with E-state index < -0.39 is 0 Å². The normalized spacial score (nSPS) is 11.2. The van der Waals surface area contributed by atoms with Crippen LogP contribution in [-0.2, 0) is 13.0 Å². The SMILES string of the molecule is CCNCc1sc(Cc2ccc(C)cc2)nc1C(C)C. The average molecular weight is 288 g/mol. The van der Waals surface area contributed by atoms with Gasteiger partial charge in [-0.1, -0.05) is 50.6 Å². The van der Waals surface area contributed by atoms with Gasteiger partial charge >= 0.3 is 0 Å². The van der Waals surface area contributed by atoms with Crippen LogP contribution in [0.25, 0.3) is 0 Å². The largest absolute Gasteiger partial charge is 0.312 e. The van der Waals surface area contributed by atoms with Crippen molar-refractivity contribution in [3.05, 3.63) is 51.0 Å². The Bertz CT molecular complexity index is 541. The van der Waals surface area contributed by atoms with Crippen LogP contribution in [0.15, 0.2) is 24.3 Å². The van der Waals surface area contributed by atoms with Gasteiger partial charge in [0.05, 0.1) is 10.7 Å². The summed E-state index contributed by atoms with van der Waals surface area (Å²) < 4.78 is 0. The lowest BCUT2D eigenvalue weighted by Gasteiger charge is -2.04. The van der Waals surface area contributed by atoms with Gasteiger partial charge in [-0.25, -0.2) is 4.98 Å². The first-order valence-corrected chi connectivity index (χ1v) is 8.16. The third kappa shape index (κ3) is 3.90. The Hall–Kier alpha value is -1.19. The molecule has 0 aliphatic rings. The van der Waals surface area contributed by atoms with Crippen molar-refractivity contribution in [1.82, 2.24) is 10.3 Å². The Kier molecular flexibility index (Phi) is 5.32. The molecule has 1 N–H and O–H groups in total. The van der Waals surface area contributed by atoms with Crippen LogP contribution in [0.5, 0.6) is 0 Å².